The van der Waals surface area contributed by atoms with Gasteiger partial charge in [-0.05, 0) is 35.0 Å². The first-order valence-electron chi connectivity index (χ1n) is 7.80. The summed E-state index contributed by atoms with van der Waals surface area (Å²) in [5, 5.41) is 4.08. The molecule has 0 saturated carbocycles. The van der Waals surface area contributed by atoms with Gasteiger partial charge < -0.3 is 9.80 Å². The van der Waals surface area contributed by atoms with E-state index in [0.717, 1.165) is 11.3 Å². The molecule has 7 heteroatoms. The summed E-state index contributed by atoms with van der Waals surface area (Å²) in [6.45, 7) is 4.59. The Bertz CT molecular complexity index is 808. The number of benzene rings is 1. The molecular formula is C17H19BrN4O2. The molecule has 1 aromatic carbocycles. The number of nitrogens with zero attached hydrogens (tertiary/aromatic N) is 4. The van der Waals surface area contributed by atoms with Gasteiger partial charge in [0, 0.05) is 38.8 Å². The van der Waals surface area contributed by atoms with Crippen LogP contribution in [0.15, 0.2) is 39.7 Å². The third-order valence-corrected chi connectivity index (χ3v) is 5.01. The molecule has 1 aliphatic heterocycles. The molecule has 0 aliphatic carbocycles. The van der Waals surface area contributed by atoms with Crippen molar-refractivity contribution in [2.24, 2.45) is 7.05 Å². The van der Waals surface area contributed by atoms with Crippen molar-refractivity contribution in [1.29, 1.82) is 0 Å². The van der Waals surface area contributed by atoms with Crippen LogP contribution in [-0.2, 0) is 7.05 Å². The molecule has 0 unspecified atom stereocenters. The van der Waals surface area contributed by atoms with Gasteiger partial charge in [-0.25, -0.2) is 4.68 Å². The van der Waals surface area contributed by atoms with Crippen molar-refractivity contribution < 1.29 is 4.79 Å². The normalized spacial score (nSPS) is 14.8. The first-order valence-corrected chi connectivity index (χ1v) is 8.59. The maximum atomic E-state index is 12.6. The molecule has 0 atom stereocenters. The lowest BCUT2D eigenvalue weighted by Gasteiger charge is -2.36. The molecule has 0 bridgehead atoms. The molecule has 1 aromatic heterocycles. The topological polar surface area (TPSA) is 58.4 Å². The molecule has 6 nitrogen and oxygen atoms in total. The molecule has 0 radical (unpaired) electrons. The summed E-state index contributed by atoms with van der Waals surface area (Å²) >= 11 is 3.36. The zero-order chi connectivity index (χ0) is 17.3. The van der Waals surface area contributed by atoms with Gasteiger partial charge in [0.2, 0.25) is 0 Å². The van der Waals surface area contributed by atoms with Crippen molar-refractivity contribution in [2.45, 2.75) is 6.92 Å². The van der Waals surface area contributed by atoms with E-state index in [9.17, 15) is 9.59 Å². The summed E-state index contributed by atoms with van der Waals surface area (Å²) < 4.78 is 1.81. The number of hydrogen-bond donors (Lipinski definition) is 0. The van der Waals surface area contributed by atoms with Gasteiger partial charge in [-0.2, -0.15) is 5.10 Å². The maximum absolute atomic E-state index is 12.6. The van der Waals surface area contributed by atoms with Gasteiger partial charge in [-0.1, -0.05) is 17.7 Å². The Morgan fingerprint density at radius 3 is 2.38 bits per heavy atom. The van der Waals surface area contributed by atoms with E-state index in [0.29, 0.717) is 36.2 Å². The Labute approximate surface area is 148 Å². The first kappa shape index (κ1) is 16.7. The second kappa shape index (κ2) is 6.76. The van der Waals surface area contributed by atoms with Crippen LogP contribution in [0.3, 0.4) is 0 Å². The Kier molecular flexibility index (Phi) is 4.71. The summed E-state index contributed by atoms with van der Waals surface area (Å²) in [6, 6.07) is 7.63. The van der Waals surface area contributed by atoms with Crippen molar-refractivity contribution in [1.82, 2.24) is 14.7 Å². The second-order valence-corrected chi connectivity index (χ2v) is 6.71. The number of carbonyl (C=O) groups excluding carboxylic acids is 1. The van der Waals surface area contributed by atoms with Gasteiger partial charge in [0.25, 0.3) is 11.5 Å². The van der Waals surface area contributed by atoms with Crippen molar-refractivity contribution in [3.05, 3.63) is 56.4 Å². The molecule has 1 amide bonds. The second-order valence-electron chi connectivity index (χ2n) is 5.92. The number of rotatable bonds is 2. The van der Waals surface area contributed by atoms with Crippen molar-refractivity contribution in [3.8, 4) is 0 Å². The zero-order valence-electron chi connectivity index (χ0n) is 13.7. The standard InChI is InChI=1S/C17H19BrN4O2/c1-12-3-5-13(6-4-12)16(23)22-9-7-21(8-10-22)14-11-19-20(2)17(24)15(14)18/h3-6,11H,7-10H2,1-2H3. The SMILES string of the molecule is Cc1ccc(C(=O)N2CCN(c3cnn(C)c(=O)c3Br)CC2)cc1. The Morgan fingerprint density at radius 2 is 1.75 bits per heavy atom. The van der Waals surface area contributed by atoms with Crippen LogP contribution in [0.5, 0.6) is 0 Å². The number of amides is 1. The predicted molar refractivity (Wildman–Crippen MR) is 96.5 cm³/mol. The minimum Gasteiger partial charge on any atom is -0.366 e. The summed E-state index contributed by atoms with van der Waals surface area (Å²) in [7, 11) is 1.62. The van der Waals surface area contributed by atoms with E-state index in [1.165, 1.54) is 4.68 Å². The van der Waals surface area contributed by atoms with Crippen LogP contribution in [0.4, 0.5) is 5.69 Å². The Hall–Kier alpha value is -2.15. The van der Waals surface area contributed by atoms with Crippen LogP contribution in [0, 0.1) is 6.92 Å². The van der Waals surface area contributed by atoms with E-state index in [-0.39, 0.29) is 11.5 Å². The smallest absolute Gasteiger partial charge is 0.282 e. The fourth-order valence-corrected chi connectivity index (χ4v) is 3.36. The lowest BCUT2D eigenvalue weighted by atomic mass is 10.1. The van der Waals surface area contributed by atoms with Crippen LogP contribution in [0.1, 0.15) is 15.9 Å². The zero-order valence-corrected chi connectivity index (χ0v) is 15.3. The van der Waals surface area contributed by atoms with E-state index in [1.54, 1.807) is 13.2 Å². The molecule has 1 saturated heterocycles. The molecule has 0 N–H and O–H groups in total. The van der Waals surface area contributed by atoms with Crippen LogP contribution in [0.25, 0.3) is 0 Å². The van der Waals surface area contributed by atoms with Gasteiger partial charge in [0.05, 0.1) is 11.9 Å². The number of aryl methyl sites for hydroxylation is 2. The van der Waals surface area contributed by atoms with E-state index in [2.05, 4.69) is 25.9 Å². The van der Waals surface area contributed by atoms with Crippen LogP contribution in [0.2, 0.25) is 0 Å². The lowest BCUT2D eigenvalue weighted by Crippen LogP contribution is -2.49. The predicted octanol–water partition coefficient (Wildman–Crippen LogP) is 1.81. The van der Waals surface area contributed by atoms with Crippen LogP contribution < -0.4 is 10.5 Å². The maximum Gasteiger partial charge on any atom is 0.282 e. The average molecular weight is 391 g/mol. The molecule has 1 aliphatic rings. The van der Waals surface area contributed by atoms with E-state index < -0.39 is 0 Å². The highest BCUT2D eigenvalue weighted by Crippen LogP contribution is 2.23. The van der Waals surface area contributed by atoms with Crippen molar-refractivity contribution in [2.75, 3.05) is 31.1 Å². The number of hydrogen-bond acceptors (Lipinski definition) is 4. The minimum absolute atomic E-state index is 0.0517. The molecule has 24 heavy (non-hydrogen) atoms. The average Bonchev–Trinajstić information content (AvgIpc) is 2.60. The van der Waals surface area contributed by atoms with Gasteiger partial charge in [-0.15, -0.1) is 0 Å². The van der Waals surface area contributed by atoms with Crippen LogP contribution in [-0.4, -0.2) is 46.8 Å². The fraction of sp³-hybridized carbons (Fsp3) is 0.353. The molecule has 126 valence electrons. The van der Waals surface area contributed by atoms with E-state index in [1.807, 2.05) is 36.1 Å². The molecule has 1 fully saturated rings. The third-order valence-electron chi connectivity index (χ3n) is 4.27. The minimum atomic E-state index is -0.161. The number of aromatic nitrogens is 2. The van der Waals surface area contributed by atoms with Gasteiger partial charge in [0.1, 0.15) is 4.47 Å². The first-order chi connectivity index (χ1) is 11.5. The van der Waals surface area contributed by atoms with Gasteiger partial charge in [-0.3, -0.25) is 9.59 Å². The Balaban J connectivity index is 1.70. The van der Waals surface area contributed by atoms with Crippen molar-refractivity contribution >= 4 is 27.5 Å². The van der Waals surface area contributed by atoms with E-state index in [4.69, 9.17) is 0 Å². The summed E-state index contributed by atoms with van der Waals surface area (Å²) in [6.07, 6.45) is 1.68. The van der Waals surface area contributed by atoms with Crippen molar-refractivity contribution in [3.63, 3.8) is 0 Å². The summed E-state index contributed by atoms with van der Waals surface area (Å²) in [5.41, 5.74) is 2.47. The quantitative estimate of drug-likeness (QED) is 0.784. The highest BCUT2D eigenvalue weighted by atomic mass is 79.9. The monoisotopic (exact) mass is 390 g/mol. The largest absolute Gasteiger partial charge is 0.366 e. The molecular weight excluding hydrogens is 372 g/mol. The summed E-state index contributed by atoms with van der Waals surface area (Å²) in [4.78, 5) is 28.5. The number of carbonyl (C=O) groups is 1. The molecule has 0 spiro atoms. The van der Waals surface area contributed by atoms with Gasteiger partial charge >= 0.3 is 0 Å². The summed E-state index contributed by atoms with van der Waals surface area (Å²) in [5.74, 6) is 0.0517. The lowest BCUT2D eigenvalue weighted by molar-refractivity contribution is 0.0746. The van der Waals surface area contributed by atoms with Gasteiger partial charge in [0.15, 0.2) is 0 Å². The third kappa shape index (κ3) is 3.21. The molecule has 2 aromatic rings. The number of anilines is 1. The number of piperazine rings is 1. The van der Waals surface area contributed by atoms with Crippen LogP contribution >= 0.6 is 15.9 Å². The molecule has 3 rings (SSSR count). The van der Waals surface area contributed by atoms with E-state index >= 15 is 0 Å². The highest BCUT2D eigenvalue weighted by molar-refractivity contribution is 9.10. The fourth-order valence-electron chi connectivity index (χ4n) is 2.75. The Morgan fingerprint density at radius 1 is 1.12 bits per heavy atom. The highest BCUT2D eigenvalue weighted by Gasteiger charge is 2.24. The number of halogens is 1. The molecule has 2 heterocycles.